The van der Waals surface area contributed by atoms with Crippen LogP contribution in [0.3, 0.4) is 0 Å². The quantitative estimate of drug-likeness (QED) is 0.839. The van der Waals surface area contributed by atoms with E-state index in [1.165, 1.54) is 11.1 Å². The van der Waals surface area contributed by atoms with E-state index in [1.807, 2.05) is 37.3 Å². The van der Waals surface area contributed by atoms with Crippen LogP contribution in [-0.2, 0) is 6.54 Å². The first kappa shape index (κ1) is 15.7. The van der Waals surface area contributed by atoms with Crippen molar-refractivity contribution in [2.24, 2.45) is 0 Å². The zero-order valence-electron chi connectivity index (χ0n) is 13.1. The van der Waals surface area contributed by atoms with Crippen LogP contribution in [0, 0.1) is 0 Å². The van der Waals surface area contributed by atoms with Gasteiger partial charge >= 0.3 is 0 Å². The summed E-state index contributed by atoms with van der Waals surface area (Å²) in [5, 5.41) is 13.7. The normalized spacial score (nSPS) is 14.1. The lowest BCUT2D eigenvalue weighted by molar-refractivity contribution is 0.135. The Balaban J connectivity index is 1.90. The molecule has 112 valence electrons. The van der Waals surface area contributed by atoms with Crippen molar-refractivity contribution in [3.63, 3.8) is 0 Å². The molecule has 0 saturated heterocycles. The molecule has 0 amide bonds. The molecule has 0 radical (unpaired) electrons. The van der Waals surface area contributed by atoms with Crippen LogP contribution in [0.5, 0.6) is 0 Å². The molecule has 2 aromatic carbocycles. The maximum atomic E-state index is 10.3. The van der Waals surface area contributed by atoms with Crippen LogP contribution in [0.25, 0.3) is 0 Å². The summed E-state index contributed by atoms with van der Waals surface area (Å²) in [6.45, 7) is 7.18. The van der Waals surface area contributed by atoms with E-state index in [9.17, 15) is 5.11 Å². The van der Waals surface area contributed by atoms with Crippen LogP contribution in [0.15, 0.2) is 54.6 Å². The molecule has 2 N–H and O–H groups in total. The van der Waals surface area contributed by atoms with E-state index >= 15 is 0 Å². The molecule has 0 aromatic heterocycles. The molecule has 0 aliphatic carbocycles. The van der Waals surface area contributed by atoms with Gasteiger partial charge in [-0.05, 0) is 29.5 Å². The van der Waals surface area contributed by atoms with Gasteiger partial charge in [-0.3, -0.25) is 0 Å². The molecule has 0 aliphatic heterocycles. The molecule has 0 spiro atoms. The van der Waals surface area contributed by atoms with Crippen molar-refractivity contribution < 1.29 is 5.11 Å². The Labute approximate surface area is 127 Å². The van der Waals surface area contributed by atoms with Gasteiger partial charge in [0.15, 0.2) is 0 Å². The molecule has 0 bridgehead atoms. The first-order valence-electron chi connectivity index (χ1n) is 7.63. The number of rotatable bonds is 6. The van der Waals surface area contributed by atoms with Gasteiger partial charge in [0, 0.05) is 12.6 Å². The Morgan fingerprint density at radius 2 is 1.48 bits per heavy atom. The fraction of sp³-hybridized carbons (Fsp3) is 0.368. The summed E-state index contributed by atoms with van der Waals surface area (Å²) in [6.07, 6.45) is -0.485. The minimum Gasteiger partial charge on any atom is -0.387 e. The van der Waals surface area contributed by atoms with Crippen molar-refractivity contribution in [1.29, 1.82) is 0 Å². The van der Waals surface area contributed by atoms with Crippen LogP contribution in [-0.4, -0.2) is 11.1 Å². The average Bonchev–Trinajstić information content (AvgIpc) is 2.53. The topological polar surface area (TPSA) is 32.3 Å². The molecule has 2 aromatic rings. The smallest absolute Gasteiger partial charge is 0.0940 e. The number of hydrogen-bond acceptors (Lipinski definition) is 2. The highest BCUT2D eigenvalue weighted by Crippen LogP contribution is 2.17. The average molecular weight is 283 g/mol. The number of nitrogens with one attached hydrogen (secondary N) is 1. The van der Waals surface area contributed by atoms with Crippen molar-refractivity contribution in [1.82, 2.24) is 5.32 Å². The highest BCUT2D eigenvalue weighted by molar-refractivity contribution is 5.25. The van der Waals surface area contributed by atoms with Crippen LogP contribution in [0.1, 0.15) is 49.5 Å². The highest BCUT2D eigenvalue weighted by atomic mass is 16.3. The summed E-state index contributed by atoms with van der Waals surface area (Å²) in [7, 11) is 0. The number of aliphatic hydroxyl groups excluding tert-OH is 1. The van der Waals surface area contributed by atoms with E-state index in [0.717, 1.165) is 12.1 Å². The first-order valence-corrected chi connectivity index (χ1v) is 7.63. The maximum absolute atomic E-state index is 10.3. The first-order chi connectivity index (χ1) is 10.1. The molecular weight excluding hydrogens is 258 g/mol. The molecule has 0 saturated carbocycles. The van der Waals surface area contributed by atoms with E-state index in [-0.39, 0.29) is 6.04 Å². The van der Waals surface area contributed by atoms with Gasteiger partial charge in [0.05, 0.1) is 6.10 Å². The molecule has 2 nitrogen and oxygen atoms in total. The summed E-state index contributed by atoms with van der Waals surface area (Å²) in [5.41, 5.74) is 3.55. The van der Waals surface area contributed by atoms with Gasteiger partial charge in [0.1, 0.15) is 0 Å². The third-order valence-corrected chi connectivity index (χ3v) is 3.89. The molecule has 0 aliphatic rings. The van der Waals surface area contributed by atoms with Crippen LogP contribution < -0.4 is 5.32 Å². The van der Waals surface area contributed by atoms with E-state index in [0.29, 0.717) is 5.92 Å². The molecule has 2 heteroatoms. The second kappa shape index (κ2) is 7.39. The summed E-state index contributed by atoms with van der Waals surface area (Å²) in [4.78, 5) is 0. The third kappa shape index (κ3) is 4.42. The molecule has 0 fully saturated rings. The predicted octanol–water partition coefficient (Wildman–Crippen LogP) is 4.02. The van der Waals surface area contributed by atoms with Crippen molar-refractivity contribution in [2.45, 2.75) is 45.4 Å². The predicted molar refractivity (Wildman–Crippen MR) is 88.2 cm³/mol. The van der Waals surface area contributed by atoms with Gasteiger partial charge in [0.25, 0.3) is 0 Å². The third-order valence-electron chi connectivity index (χ3n) is 3.89. The second-order valence-corrected chi connectivity index (χ2v) is 5.92. The van der Waals surface area contributed by atoms with E-state index in [4.69, 9.17) is 0 Å². The van der Waals surface area contributed by atoms with E-state index in [2.05, 4.69) is 43.4 Å². The lowest BCUT2D eigenvalue weighted by atomic mass is 10.0. The van der Waals surface area contributed by atoms with Gasteiger partial charge in [-0.1, -0.05) is 68.4 Å². The van der Waals surface area contributed by atoms with Gasteiger partial charge in [-0.2, -0.15) is 0 Å². The Morgan fingerprint density at radius 3 is 2.05 bits per heavy atom. The number of hydrogen-bond donors (Lipinski definition) is 2. The Morgan fingerprint density at radius 1 is 0.857 bits per heavy atom. The largest absolute Gasteiger partial charge is 0.387 e. The fourth-order valence-corrected chi connectivity index (χ4v) is 2.35. The Hall–Kier alpha value is -1.64. The van der Waals surface area contributed by atoms with E-state index < -0.39 is 6.10 Å². The van der Waals surface area contributed by atoms with Crippen LogP contribution in [0.4, 0.5) is 0 Å². The monoisotopic (exact) mass is 283 g/mol. The van der Waals surface area contributed by atoms with Gasteiger partial charge < -0.3 is 10.4 Å². The van der Waals surface area contributed by atoms with Crippen molar-refractivity contribution in [3.05, 3.63) is 71.3 Å². The van der Waals surface area contributed by atoms with Crippen molar-refractivity contribution in [2.75, 3.05) is 0 Å². The van der Waals surface area contributed by atoms with Gasteiger partial charge in [-0.25, -0.2) is 0 Å². The van der Waals surface area contributed by atoms with E-state index in [1.54, 1.807) is 0 Å². The standard InChI is InChI=1S/C19H25NO/c1-14(2)17-11-9-16(10-12-17)13-20-15(3)19(21)18-7-5-4-6-8-18/h4-12,14-15,19-21H,13H2,1-3H3/t15-,19+/m0/s1. The molecule has 2 atom stereocenters. The van der Waals surface area contributed by atoms with Gasteiger partial charge in [0.2, 0.25) is 0 Å². The van der Waals surface area contributed by atoms with Crippen molar-refractivity contribution >= 4 is 0 Å². The molecule has 0 unspecified atom stereocenters. The SMILES string of the molecule is CC(C)c1ccc(CN[C@@H](C)[C@@H](O)c2ccccc2)cc1. The lowest BCUT2D eigenvalue weighted by Gasteiger charge is -2.21. The minimum atomic E-state index is -0.485. The van der Waals surface area contributed by atoms with Crippen LogP contribution in [0.2, 0.25) is 0 Å². The lowest BCUT2D eigenvalue weighted by Crippen LogP contribution is -2.31. The number of aliphatic hydroxyl groups is 1. The molecule has 0 heterocycles. The summed E-state index contributed by atoms with van der Waals surface area (Å²) in [6, 6.07) is 18.5. The number of benzene rings is 2. The fourth-order valence-electron chi connectivity index (χ4n) is 2.35. The van der Waals surface area contributed by atoms with Crippen molar-refractivity contribution in [3.8, 4) is 0 Å². The van der Waals surface area contributed by atoms with Crippen LogP contribution >= 0.6 is 0 Å². The highest BCUT2D eigenvalue weighted by Gasteiger charge is 2.15. The minimum absolute atomic E-state index is 0.0113. The zero-order chi connectivity index (χ0) is 15.2. The summed E-state index contributed by atoms with van der Waals surface area (Å²) >= 11 is 0. The van der Waals surface area contributed by atoms with Gasteiger partial charge in [-0.15, -0.1) is 0 Å². The molecular formula is C19H25NO. The maximum Gasteiger partial charge on any atom is 0.0940 e. The second-order valence-electron chi connectivity index (χ2n) is 5.92. The Bertz CT molecular complexity index is 533. The molecule has 2 rings (SSSR count). The zero-order valence-corrected chi connectivity index (χ0v) is 13.1. The Kier molecular flexibility index (Phi) is 5.54. The summed E-state index contributed by atoms with van der Waals surface area (Å²) < 4.78 is 0. The molecule has 21 heavy (non-hydrogen) atoms. The summed E-state index contributed by atoms with van der Waals surface area (Å²) in [5.74, 6) is 0.561.